The van der Waals surface area contributed by atoms with Gasteiger partial charge in [-0.1, -0.05) is 43.0 Å². The van der Waals surface area contributed by atoms with Crippen LogP contribution in [0.15, 0.2) is 54.8 Å². The fourth-order valence-electron chi connectivity index (χ4n) is 2.29. The third-order valence-electron chi connectivity index (χ3n) is 3.43. The maximum Gasteiger partial charge on any atom is 0.369 e. The number of fused-ring (bicyclic) bond motifs is 1. The fraction of sp³-hybridized carbons (Fsp3) is 0.200. The van der Waals surface area contributed by atoms with Crippen LogP contribution in [0.25, 0.3) is 10.8 Å². The second-order valence-electron chi connectivity index (χ2n) is 4.73. The monoisotopic (exact) mass is 282 g/mol. The van der Waals surface area contributed by atoms with E-state index in [0.717, 1.165) is 5.39 Å². The molecule has 0 saturated carbocycles. The minimum absolute atomic E-state index is 0.00650. The normalized spacial score (nSPS) is 23.8. The quantitative estimate of drug-likeness (QED) is 0.689. The van der Waals surface area contributed by atoms with E-state index in [2.05, 4.69) is 11.3 Å². The number of alkyl halides is 4. The van der Waals surface area contributed by atoms with Gasteiger partial charge in [0.2, 0.25) is 0 Å². The van der Waals surface area contributed by atoms with Gasteiger partial charge >= 0.3 is 11.8 Å². The Hall–Kier alpha value is -2.04. The molecule has 5 heteroatoms. The Morgan fingerprint density at radius 2 is 1.60 bits per heavy atom. The summed E-state index contributed by atoms with van der Waals surface area (Å²) in [5.41, 5.74) is 0.00650. The van der Waals surface area contributed by atoms with Crippen LogP contribution in [0.3, 0.4) is 0 Å². The van der Waals surface area contributed by atoms with Gasteiger partial charge in [-0.2, -0.15) is 17.6 Å². The molecule has 1 aliphatic rings. The third kappa shape index (κ3) is 1.62. The largest absolute Gasteiger partial charge is 0.477 e. The van der Waals surface area contributed by atoms with Crippen molar-refractivity contribution in [1.82, 2.24) is 0 Å². The van der Waals surface area contributed by atoms with Crippen molar-refractivity contribution in [3.63, 3.8) is 0 Å². The first-order valence-corrected chi connectivity index (χ1v) is 5.94. The van der Waals surface area contributed by atoms with Crippen molar-refractivity contribution < 1.29 is 22.3 Å². The van der Waals surface area contributed by atoms with Crippen molar-refractivity contribution in [1.29, 1.82) is 0 Å². The molecular weight excluding hydrogens is 272 g/mol. The molecule has 104 valence electrons. The molecule has 0 amide bonds. The van der Waals surface area contributed by atoms with E-state index in [-0.39, 0.29) is 5.56 Å². The van der Waals surface area contributed by atoms with Crippen molar-refractivity contribution in [3.05, 3.63) is 60.4 Å². The Morgan fingerprint density at radius 3 is 2.20 bits per heavy atom. The molecule has 20 heavy (non-hydrogen) atoms. The molecule has 2 aromatic carbocycles. The van der Waals surface area contributed by atoms with Gasteiger partial charge < -0.3 is 4.74 Å². The van der Waals surface area contributed by atoms with E-state index >= 15 is 0 Å². The highest BCUT2D eigenvalue weighted by Gasteiger charge is 2.70. The molecule has 0 aromatic heterocycles. The summed E-state index contributed by atoms with van der Waals surface area (Å²) in [4.78, 5) is 0. The standard InChI is InChI=1S/C15H10F4O/c1-9-14(16,17)15(18,19)13(20-9)12-7-6-10-4-2-3-5-11(10)8-12/h2-8,13H,1H2. The first-order chi connectivity index (χ1) is 9.34. The molecule has 0 aliphatic carbocycles. The van der Waals surface area contributed by atoms with Gasteiger partial charge in [-0.05, 0) is 22.4 Å². The molecule has 1 saturated heterocycles. The van der Waals surface area contributed by atoms with Crippen molar-refractivity contribution in [2.45, 2.75) is 17.9 Å². The molecule has 0 spiro atoms. The summed E-state index contributed by atoms with van der Waals surface area (Å²) in [6, 6.07) is 11.5. The van der Waals surface area contributed by atoms with Crippen molar-refractivity contribution in [3.8, 4) is 0 Å². The Labute approximate surface area is 112 Å². The molecule has 1 atom stereocenters. The van der Waals surface area contributed by atoms with Crippen LogP contribution in [0, 0.1) is 0 Å². The molecule has 1 fully saturated rings. The Morgan fingerprint density at radius 1 is 0.950 bits per heavy atom. The first kappa shape index (κ1) is 13.0. The lowest BCUT2D eigenvalue weighted by Gasteiger charge is -2.20. The van der Waals surface area contributed by atoms with Crippen LogP contribution in [-0.2, 0) is 4.74 Å². The minimum atomic E-state index is -4.36. The van der Waals surface area contributed by atoms with Crippen LogP contribution in [0.5, 0.6) is 0 Å². The van der Waals surface area contributed by atoms with Crippen molar-refractivity contribution in [2.75, 3.05) is 0 Å². The molecule has 1 aliphatic heterocycles. The molecule has 1 unspecified atom stereocenters. The van der Waals surface area contributed by atoms with Crippen molar-refractivity contribution in [2.24, 2.45) is 0 Å². The van der Waals surface area contributed by atoms with Crippen LogP contribution in [0.4, 0.5) is 17.6 Å². The smallest absolute Gasteiger partial charge is 0.369 e. The van der Waals surface area contributed by atoms with Crippen LogP contribution < -0.4 is 0 Å². The maximum atomic E-state index is 13.8. The first-order valence-electron chi connectivity index (χ1n) is 5.94. The van der Waals surface area contributed by atoms with Crippen LogP contribution >= 0.6 is 0 Å². The highest BCUT2D eigenvalue weighted by Crippen LogP contribution is 2.56. The Bertz CT molecular complexity index is 693. The van der Waals surface area contributed by atoms with E-state index in [1.165, 1.54) is 12.1 Å². The van der Waals surface area contributed by atoms with Gasteiger partial charge in [0.25, 0.3) is 0 Å². The van der Waals surface area contributed by atoms with Crippen LogP contribution in [0.2, 0.25) is 0 Å². The van der Waals surface area contributed by atoms with Gasteiger partial charge in [-0.25, -0.2) is 0 Å². The SMILES string of the molecule is C=C1OC(c2ccc3ccccc3c2)C(F)(F)C1(F)F. The molecule has 1 nitrogen and oxygen atoms in total. The van der Waals surface area contributed by atoms with Gasteiger partial charge in [0, 0.05) is 0 Å². The third-order valence-corrected chi connectivity index (χ3v) is 3.43. The molecule has 0 radical (unpaired) electrons. The summed E-state index contributed by atoms with van der Waals surface area (Å²) in [6.45, 7) is 2.89. The topological polar surface area (TPSA) is 9.23 Å². The van der Waals surface area contributed by atoms with Gasteiger partial charge in [0.15, 0.2) is 11.9 Å². The van der Waals surface area contributed by atoms with E-state index in [9.17, 15) is 17.6 Å². The maximum absolute atomic E-state index is 13.8. The van der Waals surface area contributed by atoms with Crippen molar-refractivity contribution >= 4 is 10.8 Å². The second kappa shape index (κ2) is 3.98. The summed E-state index contributed by atoms with van der Waals surface area (Å²) in [5.74, 6) is -9.86. The van der Waals surface area contributed by atoms with E-state index in [4.69, 9.17) is 0 Å². The molecule has 2 aromatic rings. The summed E-state index contributed by atoms with van der Waals surface area (Å²) >= 11 is 0. The van der Waals surface area contributed by atoms with Crippen LogP contribution in [0.1, 0.15) is 11.7 Å². The number of ether oxygens (including phenoxy) is 1. The van der Waals surface area contributed by atoms with E-state index in [1.54, 1.807) is 30.3 Å². The number of halogens is 4. The molecule has 3 rings (SSSR count). The predicted octanol–water partition coefficient (Wildman–Crippen LogP) is 4.70. The zero-order valence-corrected chi connectivity index (χ0v) is 10.2. The zero-order chi connectivity index (χ0) is 14.5. The predicted molar refractivity (Wildman–Crippen MR) is 66.8 cm³/mol. The summed E-state index contributed by atoms with van der Waals surface area (Å²) in [5, 5.41) is 1.52. The van der Waals surface area contributed by atoms with E-state index in [1.807, 2.05) is 0 Å². The Kier molecular flexibility index (Phi) is 2.58. The number of allylic oxidation sites excluding steroid dienone is 1. The average molecular weight is 282 g/mol. The van der Waals surface area contributed by atoms with Gasteiger partial charge in [0.1, 0.15) is 0 Å². The number of benzene rings is 2. The highest BCUT2D eigenvalue weighted by atomic mass is 19.3. The number of rotatable bonds is 1. The van der Waals surface area contributed by atoms with Crippen LogP contribution in [-0.4, -0.2) is 11.8 Å². The highest BCUT2D eigenvalue weighted by molar-refractivity contribution is 5.83. The zero-order valence-electron chi connectivity index (χ0n) is 10.2. The number of hydrogen-bond donors (Lipinski definition) is 0. The van der Waals surface area contributed by atoms with E-state index in [0.29, 0.717) is 5.39 Å². The molecular formula is C15H10F4O. The summed E-state index contributed by atoms with van der Waals surface area (Å²) in [6.07, 6.45) is -2.02. The lowest BCUT2D eigenvalue weighted by Crippen LogP contribution is -2.39. The molecule has 0 bridgehead atoms. The van der Waals surface area contributed by atoms with Gasteiger partial charge in [0.05, 0.1) is 0 Å². The second-order valence-corrected chi connectivity index (χ2v) is 4.73. The molecule has 0 N–H and O–H groups in total. The average Bonchev–Trinajstić information content (AvgIpc) is 2.58. The van der Waals surface area contributed by atoms with Gasteiger partial charge in [-0.15, -0.1) is 0 Å². The lowest BCUT2D eigenvalue weighted by atomic mass is 9.98. The summed E-state index contributed by atoms with van der Waals surface area (Å²) in [7, 11) is 0. The molecule has 1 heterocycles. The van der Waals surface area contributed by atoms with Gasteiger partial charge in [-0.3, -0.25) is 0 Å². The Balaban J connectivity index is 2.10. The fourth-order valence-corrected chi connectivity index (χ4v) is 2.29. The minimum Gasteiger partial charge on any atom is -0.477 e. The number of hydrogen-bond acceptors (Lipinski definition) is 1. The summed E-state index contributed by atoms with van der Waals surface area (Å²) < 4.78 is 59.0. The lowest BCUT2D eigenvalue weighted by molar-refractivity contribution is -0.183. The van der Waals surface area contributed by atoms with E-state index < -0.39 is 23.7 Å².